The van der Waals surface area contributed by atoms with Crippen LogP contribution in [0, 0.1) is 5.92 Å². The monoisotopic (exact) mass is 234 g/mol. The van der Waals surface area contributed by atoms with Crippen LogP contribution in [0.4, 0.5) is 0 Å². The zero-order chi connectivity index (χ0) is 11.9. The van der Waals surface area contributed by atoms with Crippen molar-refractivity contribution in [3.63, 3.8) is 0 Å². The third kappa shape index (κ3) is 4.14. The zero-order valence-corrected chi connectivity index (χ0v) is 10.5. The molecule has 2 heteroatoms. The fourth-order valence-electron chi connectivity index (χ4n) is 2.72. The van der Waals surface area contributed by atoms with E-state index in [4.69, 9.17) is 0 Å². The van der Waals surface area contributed by atoms with Crippen LogP contribution in [0.2, 0.25) is 0 Å². The van der Waals surface area contributed by atoms with E-state index in [9.17, 15) is 5.11 Å². The summed E-state index contributed by atoms with van der Waals surface area (Å²) in [6.45, 7) is 2.10. The average Bonchev–Trinajstić information content (AvgIpc) is 2.56. The summed E-state index contributed by atoms with van der Waals surface area (Å²) in [7, 11) is 0. The summed E-state index contributed by atoms with van der Waals surface area (Å²) < 4.78 is 0. The van der Waals surface area contributed by atoms with Crippen LogP contribution in [0.15, 0.2) is 30.3 Å². The molecule has 1 aromatic rings. The summed E-state index contributed by atoms with van der Waals surface area (Å²) >= 11 is 0. The molecule has 1 fully saturated rings. The van der Waals surface area contributed by atoms with Crippen molar-refractivity contribution in [3.8, 4) is 0 Å². The normalized spacial score (nSPS) is 25.5. The predicted octanol–water partition coefficient (Wildman–Crippen LogP) is 1.69. The first-order valence-electron chi connectivity index (χ1n) is 6.90. The highest BCUT2D eigenvalue weighted by molar-refractivity contribution is 5.12. The van der Waals surface area contributed by atoms with Crippen molar-refractivity contribution in [1.82, 2.24) is 0 Å². The van der Waals surface area contributed by atoms with E-state index in [1.807, 2.05) is 0 Å². The van der Waals surface area contributed by atoms with E-state index in [1.54, 1.807) is 0 Å². The number of nitrogens with two attached hydrogens (primary N) is 1. The lowest BCUT2D eigenvalue weighted by molar-refractivity contribution is -0.677. The van der Waals surface area contributed by atoms with Gasteiger partial charge in [0.25, 0.3) is 0 Å². The number of hydrogen-bond acceptors (Lipinski definition) is 1. The summed E-state index contributed by atoms with van der Waals surface area (Å²) in [6.07, 6.45) is 5.93. The Bertz CT molecular complexity index is 312. The lowest BCUT2D eigenvalue weighted by Crippen LogP contribution is -2.84. The first-order valence-corrected chi connectivity index (χ1v) is 6.90. The number of aliphatic hydroxyl groups excluding tert-OH is 1. The number of quaternary nitrogens is 1. The fraction of sp³-hybridized carbons (Fsp3) is 0.600. The maximum Gasteiger partial charge on any atom is 0.101 e. The Morgan fingerprint density at radius 3 is 2.65 bits per heavy atom. The van der Waals surface area contributed by atoms with Crippen molar-refractivity contribution in [2.24, 2.45) is 5.92 Å². The highest BCUT2D eigenvalue weighted by atomic mass is 16.3. The number of aliphatic hydroxyl groups is 1. The van der Waals surface area contributed by atoms with Gasteiger partial charge in [0.15, 0.2) is 0 Å². The summed E-state index contributed by atoms with van der Waals surface area (Å²) in [5.74, 6) is 0.501. The van der Waals surface area contributed by atoms with Crippen LogP contribution in [-0.4, -0.2) is 17.8 Å². The average molecular weight is 234 g/mol. The van der Waals surface area contributed by atoms with Crippen molar-refractivity contribution < 1.29 is 10.4 Å². The second-order valence-electron chi connectivity index (χ2n) is 5.18. The summed E-state index contributed by atoms with van der Waals surface area (Å²) in [6, 6.07) is 10.6. The maximum atomic E-state index is 10.0. The van der Waals surface area contributed by atoms with E-state index in [0.717, 1.165) is 19.5 Å². The predicted molar refractivity (Wildman–Crippen MR) is 69.5 cm³/mol. The molecule has 2 nitrogen and oxygen atoms in total. The molecule has 1 aromatic carbocycles. The second-order valence-corrected chi connectivity index (χ2v) is 5.18. The van der Waals surface area contributed by atoms with Gasteiger partial charge >= 0.3 is 0 Å². The molecule has 2 atom stereocenters. The molecule has 1 saturated carbocycles. The molecule has 0 bridgehead atoms. The Labute approximate surface area is 104 Å². The highest BCUT2D eigenvalue weighted by Gasteiger charge is 2.22. The molecule has 0 amide bonds. The molecule has 0 aliphatic heterocycles. The molecule has 3 N–H and O–H groups in total. The van der Waals surface area contributed by atoms with Gasteiger partial charge in [-0.3, -0.25) is 0 Å². The van der Waals surface area contributed by atoms with Crippen LogP contribution < -0.4 is 5.32 Å². The van der Waals surface area contributed by atoms with E-state index in [-0.39, 0.29) is 6.10 Å². The number of benzene rings is 1. The Kier molecular flexibility index (Phi) is 5.02. The molecule has 0 saturated heterocycles. The molecule has 94 valence electrons. The molecule has 1 aliphatic carbocycles. The van der Waals surface area contributed by atoms with Crippen LogP contribution in [0.1, 0.15) is 37.7 Å². The van der Waals surface area contributed by atoms with Crippen LogP contribution in [0.25, 0.3) is 0 Å². The lowest BCUT2D eigenvalue weighted by atomic mass is 9.97. The van der Waals surface area contributed by atoms with Gasteiger partial charge in [0, 0.05) is 11.5 Å². The van der Waals surface area contributed by atoms with Crippen molar-refractivity contribution in [2.75, 3.05) is 6.54 Å². The first kappa shape index (κ1) is 12.6. The third-order valence-corrected chi connectivity index (χ3v) is 3.81. The SMILES string of the molecule is O[C@H]1CCCCC[C@H]1C[NH2+]Cc1ccccc1. The minimum absolute atomic E-state index is 0.0653. The fourth-order valence-corrected chi connectivity index (χ4v) is 2.72. The van der Waals surface area contributed by atoms with Gasteiger partial charge in [0.1, 0.15) is 6.54 Å². The quantitative estimate of drug-likeness (QED) is 0.764. The van der Waals surface area contributed by atoms with E-state index in [2.05, 4.69) is 35.6 Å². The molecule has 0 heterocycles. The minimum atomic E-state index is -0.0653. The summed E-state index contributed by atoms with van der Waals surface area (Å²) in [4.78, 5) is 0. The third-order valence-electron chi connectivity index (χ3n) is 3.81. The second kappa shape index (κ2) is 6.77. The standard InChI is InChI=1S/C15H23NO/c17-15-10-6-2-5-9-14(15)12-16-11-13-7-3-1-4-8-13/h1,3-4,7-8,14-17H,2,5-6,9-12H2/p+1/t14-,15-/m0/s1. The molecule has 0 radical (unpaired) electrons. The highest BCUT2D eigenvalue weighted by Crippen LogP contribution is 2.22. The Morgan fingerprint density at radius 1 is 1.06 bits per heavy atom. The van der Waals surface area contributed by atoms with Crippen LogP contribution in [-0.2, 0) is 6.54 Å². The molecule has 0 spiro atoms. The largest absolute Gasteiger partial charge is 0.393 e. The van der Waals surface area contributed by atoms with E-state index in [0.29, 0.717) is 5.92 Å². The maximum absolute atomic E-state index is 10.0. The molecule has 0 aromatic heterocycles. The van der Waals surface area contributed by atoms with Gasteiger partial charge in [-0.05, 0) is 12.8 Å². The minimum Gasteiger partial charge on any atom is -0.393 e. The Balaban J connectivity index is 1.73. The summed E-state index contributed by atoms with van der Waals surface area (Å²) in [5.41, 5.74) is 1.37. The van der Waals surface area contributed by atoms with Gasteiger partial charge in [-0.2, -0.15) is 0 Å². The zero-order valence-electron chi connectivity index (χ0n) is 10.5. The van der Waals surface area contributed by atoms with Gasteiger partial charge in [0.05, 0.1) is 12.6 Å². The molecule has 17 heavy (non-hydrogen) atoms. The van der Waals surface area contributed by atoms with Crippen molar-refractivity contribution >= 4 is 0 Å². The van der Waals surface area contributed by atoms with Gasteiger partial charge < -0.3 is 10.4 Å². The Hall–Kier alpha value is -0.860. The smallest absolute Gasteiger partial charge is 0.101 e. The lowest BCUT2D eigenvalue weighted by Gasteiger charge is -2.18. The van der Waals surface area contributed by atoms with Crippen molar-refractivity contribution in [1.29, 1.82) is 0 Å². The molecular formula is C15H24NO+. The molecule has 2 rings (SSSR count). The molecule has 1 aliphatic rings. The van der Waals surface area contributed by atoms with Crippen molar-refractivity contribution in [2.45, 2.75) is 44.8 Å². The number of hydrogen-bond donors (Lipinski definition) is 2. The Morgan fingerprint density at radius 2 is 1.82 bits per heavy atom. The van der Waals surface area contributed by atoms with E-state index in [1.165, 1.54) is 31.2 Å². The molecule has 0 unspecified atom stereocenters. The van der Waals surface area contributed by atoms with Crippen LogP contribution >= 0.6 is 0 Å². The van der Waals surface area contributed by atoms with Gasteiger partial charge in [-0.15, -0.1) is 0 Å². The topological polar surface area (TPSA) is 36.8 Å². The van der Waals surface area contributed by atoms with Gasteiger partial charge in [0.2, 0.25) is 0 Å². The van der Waals surface area contributed by atoms with Crippen LogP contribution in [0.3, 0.4) is 0 Å². The van der Waals surface area contributed by atoms with E-state index >= 15 is 0 Å². The summed E-state index contributed by atoms with van der Waals surface area (Å²) in [5, 5.41) is 12.4. The van der Waals surface area contributed by atoms with Crippen molar-refractivity contribution in [3.05, 3.63) is 35.9 Å². The van der Waals surface area contributed by atoms with E-state index < -0.39 is 0 Å². The van der Waals surface area contributed by atoms with Crippen LogP contribution in [0.5, 0.6) is 0 Å². The first-order chi connectivity index (χ1) is 8.36. The number of rotatable bonds is 4. The van der Waals surface area contributed by atoms with Gasteiger partial charge in [-0.25, -0.2) is 0 Å². The molecular weight excluding hydrogens is 210 g/mol. The van der Waals surface area contributed by atoms with Gasteiger partial charge in [-0.1, -0.05) is 49.6 Å².